The van der Waals surface area contributed by atoms with Gasteiger partial charge in [-0.1, -0.05) is 18.2 Å². The Bertz CT molecular complexity index is 972. The molecule has 3 N–H and O–H groups in total. The molecule has 27 heavy (non-hydrogen) atoms. The lowest BCUT2D eigenvalue weighted by Crippen LogP contribution is -2.49. The minimum absolute atomic E-state index is 0.147. The molecule has 0 spiro atoms. The topological polar surface area (TPSA) is 92.5 Å². The number of rotatable bonds is 4. The van der Waals surface area contributed by atoms with Crippen molar-refractivity contribution < 1.29 is 22.0 Å². The number of hydrogen-bond donors (Lipinski definition) is 2. The maximum absolute atomic E-state index is 14.7. The van der Waals surface area contributed by atoms with Crippen molar-refractivity contribution in [3.05, 3.63) is 48.0 Å². The van der Waals surface area contributed by atoms with E-state index in [1.54, 1.807) is 18.2 Å². The van der Waals surface area contributed by atoms with Crippen LogP contribution in [0.3, 0.4) is 0 Å². The first-order valence-corrected chi connectivity index (χ1v) is 10.2. The van der Waals surface area contributed by atoms with Crippen LogP contribution in [0.5, 0.6) is 0 Å². The van der Waals surface area contributed by atoms with Crippen LogP contribution in [0.1, 0.15) is 12.8 Å². The van der Waals surface area contributed by atoms with E-state index in [2.05, 4.69) is 4.72 Å². The van der Waals surface area contributed by atoms with Gasteiger partial charge in [0.25, 0.3) is 0 Å². The number of anilines is 2. The van der Waals surface area contributed by atoms with E-state index in [0.29, 0.717) is 18.4 Å². The number of para-hydroxylation sites is 1. The Morgan fingerprint density at radius 1 is 1.19 bits per heavy atom. The summed E-state index contributed by atoms with van der Waals surface area (Å²) in [6.07, 6.45) is 2.01. The van der Waals surface area contributed by atoms with Gasteiger partial charge in [-0.05, 0) is 36.6 Å². The normalized spacial score (nSPS) is 17.9. The number of sulfonamides is 1. The van der Waals surface area contributed by atoms with E-state index in [0.717, 1.165) is 23.3 Å². The summed E-state index contributed by atoms with van der Waals surface area (Å²) in [6, 6.07) is 7.64. The predicted octanol–water partition coefficient (Wildman–Crippen LogP) is 2.46. The number of halogens is 2. The van der Waals surface area contributed by atoms with Gasteiger partial charge in [0.15, 0.2) is 11.6 Å². The molecule has 6 nitrogen and oxygen atoms in total. The van der Waals surface area contributed by atoms with Gasteiger partial charge in [0.05, 0.1) is 18.0 Å². The summed E-state index contributed by atoms with van der Waals surface area (Å²) in [4.78, 5) is 13.2. The highest BCUT2D eigenvalue weighted by molar-refractivity contribution is 7.92. The quantitative estimate of drug-likeness (QED) is 0.832. The van der Waals surface area contributed by atoms with E-state index >= 15 is 0 Å². The molecular formula is C18H19F2N3O3S. The van der Waals surface area contributed by atoms with Crippen molar-refractivity contribution >= 4 is 27.3 Å². The molecule has 1 aliphatic heterocycles. The fraction of sp³-hybridized carbons (Fsp3) is 0.278. The molecule has 1 aliphatic rings. The second-order valence-electron chi connectivity index (χ2n) is 6.45. The Balaban J connectivity index is 2.05. The van der Waals surface area contributed by atoms with Crippen LogP contribution in [0.2, 0.25) is 0 Å². The standard InChI is InChI=1S/C18H19F2N3O3S/c1-27(25,26)22-16-7-3-2-5-12(16)11-9-13(19)17(14(20)10-11)23-8-4-6-15(21)18(23)24/h2-3,5,7,9-10,15,22H,4,6,8,21H2,1H3/t15-/m1/s1. The average molecular weight is 395 g/mol. The summed E-state index contributed by atoms with van der Waals surface area (Å²) in [6.45, 7) is 0.186. The largest absolute Gasteiger partial charge is 0.320 e. The van der Waals surface area contributed by atoms with Gasteiger partial charge >= 0.3 is 0 Å². The van der Waals surface area contributed by atoms with Gasteiger partial charge in [-0.25, -0.2) is 17.2 Å². The van der Waals surface area contributed by atoms with Crippen molar-refractivity contribution in [1.82, 2.24) is 0 Å². The number of carbonyl (C=O) groups excluding carboxylic acids is 1. The molecule has 2 aromatic rings. The van der Waals surface area contributed by atoms with Gasteiger partial charge < -0.3 is 10.6 Å². The van der Waals surface area contributed by atoms with Crippen LogP contribution in [0.4, 0.5) is 20.2 Å². The van der Waals surface area contributed by atoms with Crippen LogP contribution in [0, 0.1) is 11.6 Å². The fourth-order valence-electron chi connectivity index (χ4n) is 3.13. The van der Waals surface area contributed by atoms with E-state index in [-0.39, 0.29) is 17.8 Å². The molecular weight excluding hydrogens is 376 g/mol. The summed E-state index contributed by atoms with van der Waals surface area (Å²) in [5.74, 6) is -2.35. The van der Waals surface area contributed by atoms with Gasteiger partial charge in [0.1, 0.15) is 5.69 Å². The molecule has 0 unspecified atom stereocenters. The molecule has 0 bridgehead atoms. The summed E-state index contributed by atoms with van der Waals surface area (Å²) in [7, 11) is -3.57. The summed E-state index contributed by atoms with van der Waals surface area (Å²) in [5.41, 5.74) is 5.93. The first-order chi connectivity index (χ1) is 12.7. The number of benzene rings is 2. The third kappa shape index (κ3) is 4.09. The zero-order valence-electron chi connectivity index (χ0n) is 14.6. The second kappa shape index (κ2) is 7.24. The predicted molar refractivity (Wildman–Crippen MR) is 99.8 cm³/mol. The van der Waals surface area contributed by atoms with E-state index in [9.17, 15) is 22.0 Å². The Hall–Kier alpha value is -2.52. The molecule has 0 radical (unpaired) electrons. The van der Waals surface area contributed by atoms with Crippen LogP contribution < -0.4 is 15.4 Å². The highest BCUT2D eigenvalue weighted by Crippen LogP contribution is 2.34. The van der Waals surface area contributed by atoms with Crippen molar-refractivity contribution in [3.8, 4) is 11.1 Å². The zero-order chi connectivity index (χ0) is 19.8. The molecule has 1 atom stereocenters. The maximum atomic E-state index is 14.7. The van der Waals surface area contributed by atoms with Crippen LogP contribution in [0.25, 0.3) is 11.1 Å². The van der Waals surface area contributed by atoms with Crippen LogP contribution in [-0.2, 0) is 14.8 Å². The highest BCUT2D eigenvalue weighted by atomic mass is 32.2. The Morgan fingerprint density at radius 2 is 1.81 bits per heavy atom. The second-order valence-corrected chi connectivity index (χ2v) is 8.20. The van der Waals surface area contributed by atoms with Crippen molar-refractivity contribution in [3.63, 3.8) is 0 Å². The first kappa shape index (κ1) is 19.2. The Kier molecular flexibility index (Phi) is 5.16. The van der Waals surface area contributed by atoms with Crippen molar-refractivity contribution in [2.45, 2.75) is 18.9 Å². The molecule has 0 aromatic heterocycles. The monoisotopic (exact) mass is 395 g/mol. The molecule has 0 aliphatic carbocycles. The van der Waals surface area contributed by atoms with Crippen molar-refractivity contribution in [2.75, 3.05) is 22.4 Å². The smallest absolute Gasteiger partial charge is 0.244 e. The van der Waals surface area contributed by atoms with E-state index in [1.807, 2.05) is 0 Å². The first-order valence-electron chi connectivity index (χ1n) is 8.30. The molecule has 2 aromatic carbocycles. The molecule has 1 heterocycles. The molecule has 9 heteroatoms. The van der Waals surface area contributed by atoms with Gasteiger partial charge in [-0.15, -0.1) is 0 Å². The molecule has 0 saturated carbocycles. The summed E-state index contributed by atoms with van der Waals surface area (Å²) < 4.78 is 54.9. The van der Waals surface area contributed by atoms with Gasteiger partial charge in [0, 0.05) is 12.1 Å². The molecule has 1 amide bonds. The molecule has 1 fully saturated rings. The average Bonchev–Trinajstić information content (AvgIpc) is 2.57. The number of nitrogens with one attached hydrogen (secondary N) is 1. The van der Waals surface area contributed by atoms with Gasteiger partial charge in [-0.2, -0.15) is 0 Å². The third-order valence-electron chi connectivity index (χ3n) is 4.30. The van der Waals surface area contributed by atoms with Crippen molar-refractivity contribution in [1.29, 1.82) is 0 Å². The van der Waals surface area contributed by atoms with E-state index in [4.69, 9.17) is 5.73 Å². The minimum Gasteiger partial charge on any atom is -0.320 e. The molecule has 3 rings (SSSR count). The number of nitrogens with two attached hydrogens (primary N) is 1. The van der Waals surface area contributed by atoms with Gasteiger partial charge in [-0.3, -0.25) is 9.52 Å². The third-order valence-corrected chi connectivity index (χ3v) is 4.89. The Labute approximate surface area is 156 Å². The number of carbonyl (C=O) groups is 1. The van der Waals surface area contributed by atoms with Crippen LogP contribution in [0.15, 0.2) is 36.4 Å². The fourth-order valence-corrected chi connectivity index (χ4v) is 3.71. The zero-order valence-corrected chi connectivity index (χ0v) is 15.4. The van der Waals surface area contributed by atoms with Crippen LogP contribution >= 0.6 is 0 Å². The lowest BCUT2D eigenvalue weighted by atomic mass is 10.0. The van der Waals surface area contributed by atoms with Crippen LogP contribution in [-0.4, -0.2) is 33.2 Å². The number of hydrogen-bond acceptors (Lipinski definition) is 4. The number of piperidine rings is 1. The number of amides is 1. The molecule has 1 saturated heterocycles. The van der Waals surface area contributed by atoms with E-state index in [1.165, 1.54) is 6.07 Å². The summed E-state index contributed by atoms with van der Waals surface area (Å²) >= 11 is 0. The maximum Gasteiger partial charge on any atom is 0.244 e. The SMILES string of the molecule is CS(=O)(=O)Nc1ccccc1-c1cc(F)c(N2CCC[C@@H](N)C2=O)c(F)c1. The number of nitrogens with zero attached hydrogens (tertiary/aromatic N) is 1. The lowest BCUT2D eigenvalue weighted by molar-refractivity contribution is -0.120. The summed E-state index contributed by atoms with van der Waals surface area (Å²) in [5, 5.41) is 0. The minimum atomic E-state index is -3.57. The van der Waals surface area contributed by atoms with Gasteiger partial charge in [0.2, 0.25) is 15.9 Å². The van der Waals surface area contributed by atoms with E-state index < -0.39 is 39.3 Å². The van der Waals surface area contributed by atoms with Crippen molar-refractivity contribution in [2.24, 2.45) is 5.73 Å². The lowest BCUT2D eigenvalue weighted by Gasteiger charge is -2.31. The Morgan fingerprint density at radius 3 is 2.44 bits per heavy atom. The highest BCUT2D eigenvalue weighted by Gasteiger charge is 2.31. The molecule has 144 valence electrons.